The van der Waals surface area contributed by atoms with E-state index in [0.717, 1.165) is 22.8 Å². The molecule has 0 radical (unpaired) electrons. The van der Waals surface area contributed by atoms with E-state index in [2.05, 4.69) is 73.5 Å². The summed E-state index contributed by atoms with van der Waals surface area (Å²) in [6, 6.07) is 16.7. The lowest BCUT2D eigenvalue weighted by Gasteiger charge is -2.12. The van der Waals surface area contributed by atoms with Gasteiger partial charge in [0, 0.05) is 23.6 Å². The fourth-order valence-electron chi connectivity index (χ4n) is 3.00. The molecule has 0 bridgehead atoms. The van der Waals surface area contributed by atoms with E-state index in [-0.39, 0.29) is 0 Å². The average Bonchev–Trinajstić information content (AvgIpc) is 2.97. The minimum Gasteiger partial charge on any atom is -0.339 e. The number of rotatable bonds is 3. The van der Waals surface area contributed by atoms with E-state index >= 15 is 0 Å². The van der Waals surface area contributed by atoms with Crippen LogP contribution in [0, 0.1) is 20.8 Å². The van der Waals surface area contributed by atoms with Gasteiger partial charge in [-0.3, -0.25) is 4.40 Å². The molecule has 4 aromatic rings. The highest BCUT2D eigenvalue weighted by Crippen LogP contribution is 2.31. The van der Waals surface area contributed by atoms with Gasteiger partial charge in [-0.25, -0.2) is 9.97 Å². The van der Waals surface area contributed by atoms with Crippen LogP contribution in [0.2, 0.25) is 0 Å². The Bertz CT molecular complexity index is 1050. The fourth-order valence-corrected chi connectivity index (χ4v) is 3.00. The van der Waals surface area contributed by atoms with Gasteiger partial charge in [0.25, 0.3) is 0 Å². The standard InChI is InChI=1S/C21H20N4/c1-14-5-8-17(9-6-14)19-20(25-12-4-11-22-21(25)24-19)23-18-10-7-15(2)13-16(18)3/h4-13,23H,1-3H3. The summed E-state index contributed by atoms with van der Waals surface area (Å²) in [5.41, 5.74) is 6.73. The van der Waals surface area contributed by atoms with Crippen LogP contribution >= 0.6 is 0 Å². The Kier molecular flexibility index (Phi) is 3.73. The third kappa shape index (κ3) is 2.87. The predicted molar refractivity (Wildman–Crippen MR) is 102 cm³/mol. The molecular weight excluding hydrogens is 308 g/mol. The second kappa shape index (κ2) is 6.06. The Morgan fingerprint density at radius 1 is 0.920 bits per heavy atom. The fraction of sp³-hybridized carbons (Fsp3) is 0.143. The predicted octanol–water partition coefficient (Wildman–Crippen LogP) is 5.07. The molecule has 0 atom stereocenters. The van der Waals surface area contributed by atoms with Crippen LogP contribution in [-0.4, -0.2) is 14.4 Å². The lowest BCUT2D eigenvalue weighted by Crippen LogP contribution is -1.99. The zero-order chi connectivity index (χ0) is 17.4. The summed E-state index contributed by atoms with van der Waals surface area (Å²) >= 11 is 0. The molecule has 0 aliphatic heterocycles. The van der Waals surface area contributed by atoms with Crippen LogP contribution in [0.4, 0.5) is 11.5 Å². The van der Waals surface area contributed by atoms with Gasteiger partial charge in [-0.1, -0.05) is 47.5 Å². The summed E-state index contributed by atoms with van der Waals surface area (Å²) in [6.45, 7) is 6.30. The van der Waals surface area contributed by atoms with Gasteiger partial charge in [-0.15, -0.1) is 0 Å². The van der Waals surface area contributed by atoms with Crippen molar-refractivity contribution in [3.8, 4) is 11.3 Å². The Hall–Kier alpha value is -3.14. The second-order valence-electron chi connectivity index (χ2n) is 6.41. The molecule has 0 fully saturated rings. The van der Waals surface area contributed by atoms with Crippen molar-refractivity contribution in [1.82, 2.24) is 14.4 Å². The zero-order valence-electron chi connectivity index (χ0n) is 14.6. The summed E-state index contributed by atoms with van der Waals surface area (Å²) in [5.74, 6) is 1.62. The summed E-state index contributed by atoms with van der Waals surface area (Å²) in [6.07, 6.45) is 3.75. The molecular formula is C21H20N4. The molecule has 0 saturated carbocycles. The Morgan fingerprint density at radius 2 is 1.68 bits per heavy atom. The third-order valence-corrected chi connectivity index (χ3v) is 4.36. The highest BCUT2D eigenvalue weighted by atomic mass is 15.2. The highest BCUT2D eigenvalue weighted by molar-refractivity contribution is 5.79. The van der Waals surface area contributed by atoms with Gasteiger partial charge >= 0.3 is 0 Å². The van der Waals surface area contributed by atoms with Crippen LogP contribution in [0.25, 0.3) is 17.0 Å². The highest BCUT2D eigenvalue weighted by Gasteiger charge is 2.15. The number of aryl methyl sites for hydroxylation is 3. The molecule has 0 aliphatic carbocycles. The molecule has 0 spiro atoms. The number of fused-ring (bicyclic) bond motifs is 1. The summed E-state index contributed by atoms with van der Waals surface area (Å²) < 4.78 is 1.99. The van der Waals surface area contributed by atoms with E-state index in [1.807, 2.05) is 16.7 Å². The Labute approximate surface area is 147 Å². The Morgan fingerprint density at radius 3 is 2.44 bits per heavy atom. The topological polar surface area (TPSA) is 42.2 Å². The second-order valence-corrected chi connectivity index (χ2v) is 6.41. The van der Waals surface area contributed by atoms with Crippen LogP contribution in [0.5, 0.6) is 0 Å². The van der Waals surface area contributed by atoms with E-state index < -0.39 is 0 Å². The van der Waals surface area contributed by atoms with E-state index in [0.29, 0.717) is 5.78 Å². The van der Waals surface area contributed by atoms with Crippen LogP contribution in [-0.2, 0) is 0 Å². The first kappa shape index (κ1) is 15.4. The van der Waals surface area contributed by atoms with E-state index in [4.69, 9.17) is 4.98 Å². The molecule has 0 amide bonds. The van der Waals surface area contributed by atoms with Gasteiger partial charge in [-0.2, -0.15) is 0 Å². The average molecular weight is 328 g/mol. The maximum Gasteiger partial charge on any atom is 0.235 e. The number of hydrogen-bond acceptors (Lipinski definition) is 3. The first-order chi connectivity index (χ1) is 12.1. The summed E-state index contributed by atoms with van der Waals surface area (Å²) in [7, 11) is 0. The van der Waals surface area contributed by atoms with Crippen molar-refractivity contribution in [2.45, 2.75) is 20.8 Å². The minimum absolute atomic E-state index is 0.685. The third-order valence-electron chi connectivity index (χ3n) is 4.36. The first-order valence-electron chi connectivity index (χ1n) is 8.36. The normalized spacial score (nSPS) is 11.0. The molecule has 124 valence electrons. The molecule has 4 nitrogen and oxygen atoms in total. The molecule has 2 aromatic heterocycles. The van der Waals surface area contributed by atoms with Crippen molar-refractivity contribution >= 4 is 17.3 Å². The maximum atomic E-state index is 4.75. The van der Waals surface area contributed by atoms with E-state index in [9.17, 15) is 0 Å². The van der Waals surface area contributed by atoms with Gasteiger partial charge in [0.1, 0.15) is 11.5 Å². The van der Waals surface area contributed by atoms with Crippen molar-refractivity contribution in [1.29, 1.82) is 0 Å². The first-order valence-corrected chi connectivity index (χ1v) is 8.36. The number of benzene rings is 2. The van der Waals surface area contributed by atoms with Gasteiger partial charge in [0.15, 0.2) is 0 Å². The van der Waals surface area contributed by atoms with Crippen LogP contribution in [0.15, 0.2) is 60.9 Å². The van der Waals surface area contributed by atoms with E-state index in [1.54, 1.807) is 6.20 Å². The molecule has 1 N–H and O–H groups in total. The smallest absolute Gasteiger partial charge is 0.235 e. The van der Waals surface area contributed by atoms with Crippen molar-refractivity contribution in [3.63, 3.8) is 0 Å². The van der Waals surface area contributed by atoms with Gasteiger partial charge in [-0.05, 0) is 38.5 Å². The molecule has 0 aliphatic rings. The number of aromatic nitrogens is 3. The molecule has 25 heavy (non-hydrogen) atoms. The van der Waals surface area contributed by atoms with Crippen molar-refractivity contribution in [2.75, 3.05) is 5.32 Å². The van der Waals surface area contributed by atoms with Gasteiger partial charge in [0.2, 0.25) is 5.78 Å². The van der Waals surface area contributed by atoms with Crippen LogP contribution in [0.3, 0.4) is 0 Å². The summed E-state index contributed by atoms with van der Waals surface area (Å²) in [4.78, 5) is 9.14. The molecule has 0 saturated heterocycles. The number of nitrogens with zero attached hydrogens (tertiary/aromatic N) is 3. The minimum atomic E-state index is 0.685. The largest absolute Gasteiger partial charge is 0.339 e. The quantitative estimate of drug-likeness (QED) is 0.571. The molecule has 2 heterocycles. The molecule has 2 aromatic carbocycles. The van der Waals surface area contributed by atoms with Gasteiger partial charge in [0.05, 0.1) is 0 Å². The number of imidazole rings is 1. The number of hydrogen-bond donors (Lipinski definition) is 1. The van der Waals surface area contributed by atoms with Crippen molar-refractivity contribution in [3.05, 3.63) is 77.6 Å². The van der Waals surface area contributed by atoms with Gasteiger partial charge < -0.3 is 5.32 Å². The van der Waals surface area contributed by atoms with Crippen molar-refractivity contribution < 1.29 is 0 Å². The van der Waals surface area contributed by atoms with Crippen LogP contribution < -0.4 is 5.32 Å². The number of anilines is 2. The SMILES string of the molecule is Cc1ccc(-c2nc3ncccn3c2Nc2ccc(C)cc2C)cc1. The Balaban J connectivity index is 1.88. The lowest BCUT2D eigenvalue weighted by molar-refractivity contribution is 1.11. The van der Waals surface area contributed by atoms with Crippen molar-refractivity contribution in [2.24, 2.45) is 0 Å². The molecule has 0 unspecified atom stereocenters. The summed E-state index contributed by atoms with van der Waals surface area (Å²) in [5, 5.41) is 3.56. The molecule has 4 rings (SSSR count). The van der Waals surface area contributed by atoms with E-state index in [1.165, 1.54) is 16.7 Å². The lowest BCUT2D eigenvalue weighted by atomic mass is 10.1. The van der Waals surface area contributed by atoms with Crippen LogP contribution in [0.1, 0.15) is 16.7 Å². The zero-order valence-corrected chi connectivity index (χ0v) is 14.6. The molecule has 4 heteroatoms. The maximum absolute atomic E-state index is 4.75. The number of nitrogens with one attached hydrogen (secondary N) is 1. The monoisotopic (exact) mass is 328 g/mol.